The summed E-state index contributed by atoms with van der Waals surface area (Å²) >= 11 is 5.96. The third kappa shape index (κ3) is 3.25. The molecule has 2 unspecified atom stereocenters. The fourth-order valence-corrected chi connectivity index (χ4v) is 4.41. The van der Waals surface area contributed by atoms with Crippen molar-refractivity contribution in [3.05, 3.63) is 35.9 Å². The molecular weight excluding hydrogens is 270 g/mol. The summed E-state index contributed by atoms with van der Waals surface area (Å²) in [7, 11) is -3.19. The number of rotatable bonds is 4. The van der Waals surface area contributed by atoms with E-state index in [1.165, 1.54) is 4.31 Å². The van der Waals surface area contributed by atoms with Gasteiger partial charge in [0, 0.05) is 18.5 Å². The molecule has 0 amide bonds. The molecular formula is C13H18ClNO2S. The fraction of sp³-hybridized carbons (Fsp3) is 0.538. The lowest BCUT2D eigenvalue weighted by Gasteiger charge is -2.19. The van der Waals surface area contributed by atoms with Gasteiger partial charge in [0.1, 0.15) is 0 Å². The highest BCUT2D eigenvalue weighted by atomic mass is 35.5. The first-order chi connectivity index (χ1) is 8.49. The van der Waals surface area contributed by atoms with Crippen LogP contribution in [0.25, 0.3) is 0 Å². The average Bonchev–Trinajstić information content (AvgIpc) is 2.77. The van der Waals surface area contributed by atoms with Crippen molar-refractivity contribution in [1.82, 2.24) is 4.31 Å². The van der Waals surface area contributed by atoms with Gasteiger partial charge in [-0.2, -0.15) is 0 Å². The predicted molar refractivity (Wildman–Crippen MR) is 74.5 cm³/mol. The van der Waals surface area contributed by atoms with Crippen LogP contribution in [0.5, 0.6) is 0 Å². The van der Waals surface area contributed by atoms with Crippen LogP contribution in [0.2, 0.25) is 0 Å². The fourth-order valence-electron chi connectivity index (χ4n) is 2.24. The topological polar surface area (TPSA) is 37.4 Å². The van der Waals surface area contributed by atoms with Crippen molar-refractivity contribution in [3.63, 3.8) is 0 Å². The van der Waals surface area contributed by atoms with Gasteiger partial charge in [-0.3, -0.25) is 0 Å². The van der Waals surface area contributed by atoms with E-state index in [-0.39, 0.29) is 17.0 Å². The van der Waals surface area contributed by atoms with E-state index in [0.717, 1.165) is 12.0 Å². The first-order valence-electron chi connectivity index (χ1n) is 6.16. The highest BCUT2D eigenvalue weighted by Gasteiger charge is 2.31. The molecule has 1 saturated heterocycles. The Morgan fingerprint density at radius 3 is 2.61 bits per heavy atom. The second-order valence-corrected chi connectivity index (χ2v) is 7.47. The van der Waals surface area contributed by atoms with Crippen molar-refractivity contribution in [2.45, 2.75) is 24.6 Å². The molecule has 18 heavy (non-hydrogen) atoms. The summed E-state index contributed by atoms with van der Waals surface area (Å²) < 4.78 is 26.0. The van der Waals surface area contributed by atoms with Crippen LogP contribution in [0, 0.1) is 0 Å². The minimum atomic E-state index is -3.19. The van der Waals surface area contributed by atoms with Crippen molar-refractivity contribution < 1.29 is 8.42 Å². The second-order valence-electron chi connectivity index (χ2n) is 4.83. The first kappa shape index (κ1) is 13.8. The molecule has 1 heterocycles. The largest absolute Gasteiger partial charge is 0.214 e. The zero-order valence-electron chi connectivity index (χ0n) is 10.4. The number of halogens is 1. The Hall–Kier alpha value is -0.580. The van der Waals surface area contributed by atoms with Crippen LogP contribution in [0.4, 0.5) is 0 Å². The van der Waals surface area contributed by atoms with Gasteiger partial charge in [0.25, 0.3) is 0 Å². The van der Waals surface area contributed by atoms with Gasteiger partial charge in [0.2, 0.25) is 10.0 Å². The van der Waals surface area contributed by atoms with Crippen LogP contribution in [0.3, 0.4) is 0 Å². The highest BCUT2D eigenvalue weighted by molar-refractivity contribution is 7.89. The quantitative estimate of drug-likeness (QED) is 0.798. The van der Waals surface area contributed by atoms with E-state index in [0.29, 0.717) is 13.1 Å². The van der Waals surface area contributed by atoms with Crippen LogP contribution in [-0.2, 0) is 10.0 Å². The number of hydrogen-bond donors (Lipinski definition) is 0. The van der Waals surface area contributed by atoms with Gasteiger partial charge in [-0.05, 0) is 17.9 Å². The maximum Gasteiger partial charge on any atom is 0.214 e. The molecule has 1 fully saturated rings. The monoisotopic (exact) mass is 287 g/mol. The molecule has 0 N–H and O–H groups in total. The van der Waals surface area contributed by atoms with E-state index in [1.54, 1.807) is 0 Å². The van der Waals surface area contributed by atoms with Gasteiger partial charge >= 0.3 is 0 Å². The van der Waals surface area contributed by atoms with Crippen LogP contribution in [0.15, 0.2) is 30.3 Å². The van der Waals surface area contributed by atoms with Crippen LogP contribution >= 0.6 is 11.6 Å². The van der Waals surface area contributed by atoms with E-state index in [2.05, 4.69) is 0 Å². The van der Waals surface area contributed by atoms with E-state index < -0.39 is 10.0 Å². The molecule has 2 atom stereocenters. The standard InChI is InChI=1S/C13H18ClNO2S/c1-11(12-5-3-2-4-6-12)10-18(16,17)15-8-7-13(14)9-15/h2-6,11,13H,7-10H2,1H3. The van der Waals surface area contributed by atoms with E-state index >= 15 is 0 Å². The van der Waals surface area contributed by atoms with Crippen LogP contribution in [-0.4, -0.2) is 36.9 Å². The number of nitrogens with zero attached hydrogens (tertiary/aromatic N) is 1. The lowest BCUT2D eigenvalue weighted by molar-refractivity contribution is 0.474. The summed E-state index contributed by atoms with van der Waals surface area (Å²) in [4.78, 5) is 0. The second kappa shape index (κ2) is 5.59. The molecule has 2 rings (SSSR count). The molecule has 0 aliphatic carbocycles. The average molecular weight is 288 g/mol. The highest BCUT2D eigenvalue weighted by Crippen LogP contribution is 2.23. The van der Waals surface area contributed by atoms with Crippen LogP contribution < -0.4 is 0 Å². The molecule has 1 aliphatic heterocycles. The number of alkyl halides is 1. The minimum Gasteiger partial charge on any atom is -0.212 e. The van der Waals surface area contributed by atoms with Crippen molar-refractivity contribution in [2.75, 3.05) is 18.8 Å². The molecule has 0 saturated carbocycles. The van der Waals surface area contributed by atoms with Gasteiger partial charge in [-0.1, -0.05) is 37.3 Å². The molecule has 0 spiro atoms. The lowest BCUT2D eigenvalue weighted by Crippen LogP contribution is -2.32. The Labute approximate surface area is 114 Å². The molecule has 0 aromatic heterocycles. The molecule has 100 valence electrons. The lowest BCUT2D eigenvalue weighted by atomic mass is 10.0. The molecule has 0 bridgehead atoms. The number of hydrogen-bond acceptors (Lipinski definition) is 2. The van der Waals surface area contributed by atoms with Crippen molar-refractivity contribution >= 4 is 21.6 Å². The Kier molecular flexibility index (Phi) is 4.30. The Morgan fingerprint density at radius 2 is 2.06 bits per heavy atom. The maximum absolute atomic E-state index is 12.2. The van der Waals surface area contributed by atoms with E-state index in [9.17, 15) is 8.42 Å². The third-order valence-electron chi connectivity index (χ3n) is 3.32. The van der Waals surface area contributed by atoms with Gasteiger partial charge < -0.3 is 0 Å². The summed E-state index contributed by atoms with van der Waals surface area (Å²) in [6.45, 7) is 2.95. The van der Waals surface area contributed by atoms with Gasteiger partial charge in [0.05, 0.1) is 5.75 Å². The Morgan fingerprint density at radius 1 is 1.39 bits per heavy atom. The number of benzene rings is 1. The van der Waals surface area contributed by atoms with Crippen molar-refractivity contribution in [1.29, 1.82) is 0 Å². The van der Waals surface area contributed by atoms with Gasteiger partial charge in [-0.15, -0.1) is 11.6 Å². The number of sulfonamides is 1. The zero-order chi connectivity index (χ0) is 13.2. The molecule has 1 aromatic rings. The summed E-state index contributed by atoms with van der Waals surface area (Å²) in [5.74, 6) is 0.159. The predicted octanol–water partition coefficient (Wildman–Crippen LogP) is 2.43. The van der Waals surface area contributed by atoms with Crippen molar-refractivity contribution in [2.24, 2.45) is 0 Å². The smallest absolute Gasteiger partial charge is 0.212 e. The normalized spacial score (nSPS) is 23.1. The zero-order valence-corrected chi connectivity index (χ0v) is 12.0. The molecule has 5 heteroatoms. The first-order valence-corrected chi connectivity index (χ1v) is 8.20. The summed E-state index contributed by atoms with van der Waals surface area (Å²) in [5, 5.41) is -0.0354. The van der Waals surface area contributed by atoms with Crippen LogP contribution in [0.1, 0.15) is 24.8 Å². The third-order valence-corrected chi connectivity index (χ3v) is 5.71. The van der Waals surface area contributed by atoms with Gasteiger partial charge in [-0.25, -0.2) is 12.7 Å². The Bertz CT molecular complexity index is 489. The molecule has 3 nitrogen and oxygen atoms in total. The van der Waals surface area contributed by atoms with Gasteiger partial charge in [0.15, 0.2) is 0 Å². The van der Waals surface area contributed by atoms with Crippen molar-refractivity contribution in [3.8, 4) is 0 Å². The summed E-state index contributed by atoms with van der Waals surface area (Å²) in [6.07, 6.45) is 0.750. The maximum atomic E-state index is 12.2. The molecule has 1 aromatic carbocycles. The molecule has 0 radical (unpaired) electrons. The molecule has 1 aliphatic rings. The summed E-state index contributed by atoms with van der Waals surface area (Å²) in [6, 6.07) is 9.73. The SMILES string of the molecule is CC(CS(=O)(=O)N1CCC(Cl)C1)c1ccccc1. The summed E-state index contributed by atoms with van der Waals surface area (Å²) in [5.41, 5.74) is 1.06. The Balaban J connectivity index is 2.04. The minimum absolute atomic E-state index is 0.00516. The van der Waals surface area contributed by atoms with E-state index in [1.807, 2.05) is 37.3 Å². The van der Waals surface area contributed by atoms with E-state index in [4.69, 9.17) is 11.6 Å².